The zero-order valence-electron chi connectivity index (χ0n) is 38.1. The fourth-order valence-electron chi connectivity index (χ4n) is 9.63. The molecule has 3 aromatic carbocycles. The molecule has 0 aliphatic carbocycles. The Balaban J connectivity index is 0.730. The average Bonchev–Trinajstić information content (AvgIpc) is 3.64. The van der Waals surface area contributed by atoms with Crippen molar-refractivity contribution in [1.82, 2.24) is 35.3 Å². The number of hydrogen-bond acceptors (Lipinski definition) is 12. The van der Waals surface area contributed by atoms with E-state index in [2.05, 4.69) is 48.5 Å². The zero-order chi connectivity index (χ0) is 46.4. The van der Waals surface area contributed by atoms with Crippen molar-refractivity contribution in [3.63, 3.8) is 0 Å². The highest BCUT2D eigenvalue weighted by molar-refractivity contribution is 7.99. The number of carbonyl (C=O) groups is 4. The van der Waals surface area contributed by atoms with E-state index in [9.17, 15) is 23.7 Å². The van der Waals surface area contributed by atoms with Crippen LogP contribution in [0.2, 0.25) is 5.02 Å². The zero-order valence-corrected chi connectivity index (χ0v) is 40.6. The van der Waals surface area contributed by atoms with Crippen LogP contribution >= 0.6 is 30.5 Å². The van der Waals surface area contributed by atoms with Gasteiger partial charge >= 0.3 is 0 Å². The molecule has 1 atom stereocenters. The third-order valence-electron chi connectivity index (χ3n) is 13.2. The Hall–Kier alpha value is -4.79. The Labute approximate surface area is 396 Å². The van der Waals surface area contributed by atoms with E-state index in [0.29, 0.717) is 67.0 Å². The van der Waals surface area contributed by atoms with E-state index in [1.165, 1.54) is 0 Å². The summed E-state index contributed by atoms with van der Waals surface area (Å²) in [7, 11) is -0.778. The van der Waals surface area contributed by atoms with Crippen molar-refractivity contribution < 1.29 is 28.5 Å². The van der Waals surface area contributed by atoms with Crippen LogP contribution in [-0.2, 0) is 38.3 Å². The standard InChI is InChI=1S/C49H60ClN8O6PS/c1-64-42-29-36(14-13-33(42)28-45-52-30-39(50)40(53-45)27-34-9-4-5-11-43(34)65(2,3)63)56-20-17-35(18-21-56)57-24-22-55(23-25-57)32-47(60)51-19-6-7-26-66-44-12-8-10-37-38(44)31-58(49(37)62)41-15-16-46(59)54-48(41)61/h4-5,8-14,29-30,35,41H,6-7,15-28,31-32H2,1-3H3,(H,51,60)(H,54,59,61). The minimum absolute atomic E-state index is 0.0628. The number of nitrogens with zero attached hydrogens (tertiary/aromatic N) is 6. The highest BCUT2D eigenvalue weighted by Gasteiger charge is 2.40. The molecule has 1 unspecified atom stereocenters. The lowest BCUT2D eigenvalue weighted by Gasteiger charge is -2.43. The van der Waals surface area contributed by atoms with Gasteiger partial charge in [0.1, 0.15) is 24.8 Å². The number of rotatable bonds is 17. The number of methoxy groups -OCH3 is 1. The number of thioether (sulfide) groups is 1. The molecule has 350 valence electrons. The molecule has 2 N–H and O–H groups in total. The second-order valence-corrected chi connectivity index (χ2v) is 22.8. The second kappa shape index (κ2) is 21.4. The van der Waals surface area contributed by atoms with E-state index in [4.69, 9.17) is 21.3 Å². The van der Waals surface area contributed by atoms with Crippen molar-refractivity contribution >= 4 is 65.1 Å². The number of anilines is 1. The molecule has 66 heavy (non-hydrogen) atoms. The third kappa shape index (κ3) is 11.5. The van der Waals surface area contributed by atoms with E-state index in [1.54, 1.807) is 43.3 Å². The van der Waals surface area contributed by atoms with Crippen molar-refractivity contribution in [3.05, 3.63) is 106 Å². The first-order valence-corrected chi connectivity index (χ1v) is 27.0. The minimum Gasteiger partial charge on any atom is -0.496 e. The minimum atomic E-state index is -2.48. The molecule has 0 bridgehead atoms. The number of hydrogen-bond donors (Lipinski definition) is 2. The molecular formula is C49H60ClN8O6PS. The lowest BCUT2D eigenvalue weighted by atomic mass is 10.0. The van der Waals surface area contributed by atoms with Crippen LogP contribution in [0.15, 0.2) is 71.8 Å². The van der Waals surface area contributed by atoms with Crippen LogP contribution in [0.25, 0.3) is 0 Å². The maximum absolute atomic E-state index is 13.2. The van der Waals surface area contributed by atoms with Crippen molar-refractivity contribution in [3.8, 4) is 5.75 Å². The van der Waals surface area contributed by atoms with Crippen LogP contribution in [0, 0.1) is 0 Å². The molecule has 4 amide bonds. The summed E-state index contributed by atoms with van der Waals surface area (Å²) in [6, 6.07) is 19.8. The Morgan fingerprint density at radius 3 is 2.48 bits per heavy atom. The van der Waals surface area contributed by atoms with Crippen molar-refractivity contribution in [2.24, 2.45) is 0 Å². The lowest BCUT2D eigenvalue weighted by molar-refractivity contribution is -0.137. The van der Waals surface area contributed by atoms with Crippen LogP contribution < -0.4 is 25.6 Å². The smallest absolute Gasteiger partial charge is 0.255 e. The first kappa shape index (κ1) is 47.7. The summed E-state index contributed by atoms with van der Waals surface area (Å²) in [5, 5.41) is 6.81. The molecule has 17 heteroatoms. The van der Waals surface area contributed by atoms with Gasteiger partial charge in [0.25, 0.3) is 5.91 Å². The molecule has 3 fully saturated rings. The summed E-state index contributed by atoms with van der Waals surface area (Å²) in [4.78, 5) is 69.4. The number of piperazine rings is 1. The van der Waals surface area contributed by atoms with E-state index >= 15 is 0 Å². The third-order valence-corrected chi connectivity index (χ3v) is 16.3. The predicted octanol–water partition coefficient (Wildman–Crippen LogP) is 5.60. The van der Waals surface area contributed by atoms with Crippen molar-refractivity contribution in [2.75, 3.05) is 83.5 Å². The fraction of sp³-hybridized carbons (Fsp3) is 0.469. The van der Waals surface area contributed by atoms with Gasteiger partial charge in [0, 0.05) is 117 Å². The summed E-state index contributed by atoms with van der Waals surface area (Å²) >= 11 is 8.28. The summed E-state index contributed by atoms with van der Waals surface area (Å²) < 4.78 is 18.9. The number of fused-ring (bicyclic) bond motifs is 1. The van der Waals surface area contributed by atoms with Gasteiger partial charge in [0.05, 0.1) is 24.4 Å². The summed E-state index contributed by atoms with van der Waals surface area (Å²) in [6.45, 7) is 10.5. The number of carbonyl (C=O) groups excluding carboxylic acids is 4. The van der Waals surface area contributed by atoms with Crippen LogP contribution in [0.5, 0.6) is 5.75 Å². The quantitative estimate of drug-likeness (QED) is 0.0586. The molecule has 4 aromatic rings. The number of piperidine rings is 2. The van der Waals surface area contributed by atoms with Gasteiger partial charge in [-0.2, -0.15) is 0 Å². The molecule has 4 aliphatic rings. The van der Waals surface area contributed by atoms with E-state index in [1.807, 2.05) is 42.5 Å². The SMILES string of the molecule is COc1cc(N2CCC(N3CCN(CC(=O)NCCCCSc4cccc5c4CN(C4CCC(=O)NC4=O)C5=O)CC3)CC2)ccc1Cc1ncc(Cl)c(Cc2ccccc2P(C)(C)=O)n1. The molecule has 8 rings (SSSR count). The topological polar surface area (TPSA) is 157 Å². The van der Waals surface area contributed by atoms with Gasteiger partial charge in [-0.15, -0.1) is 11.8 Å². The Kier molecular flexibility index (Phi) is 15.5. The largest absolute Gasteiger partial charge is 0.496 e. The average molecular weight is 956 g/mol. The fourth-order valence-corrected chi connectivity index (χ4v) is 12.2. The van der Waals surface area contributed by atoms with Gasteiger partial charge in [-0.3, -0.25) is 34.3 Å². The number of ether oxygens (including phenoxy) is 1. The van der Waals surface area contributed by atoms with Crippen LogP contribution in [0.1, 0.15) is 77.1 Å². The monoisotopic (exact) mass is 954 g/mol. The number of imide groups is 1. The van der Waals surface area contributed by atoms with Crippen LogP contribution in [-0.4, -0.2) is 139 Å². The van der Waals surface area contributed by atoms with Gasteiger partial charge < -0.3 is 24.4 Å². The normalized spacial score (nSPS) is 18.7. The molecule has 1 aromatic heterocycles. The van der Waals surface area contributed by atoms with E-state index in [-0.39, 0.29) is 24.1 Å². The van der Waals surface area contributed by atoms with Crippen molar-refractivity contribution in [1.29, 1.82) is 0 Å². The Morgan fingerprint density at radius 2 is 1.73 bits per heavy atom. The van der Waals surface area contributed by atoms with Gasteiger partial charge in [-0.25, -0.2) is 9.97 Å². The molecule has 0 spiro atoms. The van der Waals surface area contributed by atoms with Crippen LogP contribution in [0.3, 0.4) is 0 Å². The molecule has 4 aliphatic heterocycles. The molecule has 5 heterocycles. The number of benzene rings is 3. The first-order valence-electron chi connectivity index (χ1n) is 23.0. The number of amides is 4. The predicted molar refractivity (Wildman–Crippen MR) is 260 cm³/mol. The highest BCUT2D eigenvalue weighted by Crippen LogP contribution is 2.37. The maximum atomic E-state index is 13.2. The highest BCUT2D eigenvalue weighted by atomic mass is 35.5. The van der Waals surface area contributed by atoms with E-state index in [0.717, 1.165) is 109 Å². The maximum Gasteiger partial charge on any atom is 0.255 e. The molecule has 0 saturated carbocycles. The van der Waals surface area contributed by atoms with Gasteiger partial charge in [0.15, 0.2) is 0 Å². The number of unbranched alkanes of at least 4 members (excludes halogenated alkanes) is 1. The summed E-state index contributed by atoms with van der Waals surface area (Å²) in [5.74, 6) is 1.51. The first-order chi connectivity index (χ1) is 31.8. The second-order valence-electron chi connectivity index (χ2n) is 18.0. The molecule has 14 nitrogen and oxygen atoms in total. The number of nitrogens with one attached hydrogen (secondary N) is 2. The van der Waals surface area contributed by atoms with Gasteiger partial charge in [0.2, 0.25) is 17.7 Å². The molecule has 3 saturated heterocycles. The number of aromatic nitrogens is 2. The van der Waals surface area contributed by atoms with Crippen LogP contribution in [0.4, 0.5) is 5.69 Å². The Bertz CT molecular complexity index is 2490. The lowest BCUT2D eigenvalue weighted by Crippen LogP contribution is -2.54. The summed E-state index contributed by atoms with van der Waals surface area (Å²) in [5.41, 5.74) is 5.37. The summed E-state index contributed by atoms with van der Waals surface area (Å²) in [6.07, 6.45) is 7.12. The van der Waals surface area contributed by atoms with E-state index < -0.39 is 19.1 Å². The molecular weight excluding hydrogens is 895 g/mol. The Morgan fingerprint density at radius 1 is 0.939 bits per heavy atom. The van der Waals surface area contributed by atoms with Crippen molar-refractivity contribution in [2.45, 2.75) is 74.9 Å². The molecule has 0 radical (unpaired) electrons. The number of halogens is 1. The van der Waals surface area contributed by atoms with Gasteiger partial charge in [-0.05, 0) is 80.5 Å². The van der Waals surface area contributed by atoms with Gasteiger partial charge in [-0.1, -0.05) is 48.0 Å².